The van der Waals surface area contributed by atoms with E-state index in [0.717, 1.165) is 26.7 Å². The van der Waals surface area contributed by atoms with Crippen LogP contribution < -0.4 is 0 Å². The minimum atomic E-state index is -0.228. The van der Waals surface area contributed by atoms with Crippen LogP contribution in [0.5, 0.6) is 0 Å². The molecule has 4 nitrogen and oxygen atoms in total. The van der Waals surface area contributed by atoms with E-state index in [4.69, 9.17) is 5.10 Å². The number of hydrogen-bond acceptors (Lipinski definition) is 4. The lowest BCUT2D eigenvalue weighted by Crippen LogP contribution is -1.99. The molecule has 6 heteroatoms. The molecular formula is C24H19FN4S. The number of aryl methyl sites for hydroxylation is 1. The molecule has 30 heavy (non-hydrogen) atoms. The Morgan fingerprint density at radius 1 is 0.900 bits per heavy atom. The van der Waals surface area contributed by atoms with Crippen molar-refractivity contribution in [1.82, 2.24) is 19.8 Å². The summed E-state index contributed by atoms with van der Waals surface area (Å²) in [5.74, 6) is 0.432. The molecule has 5 aromatic rings. The van der Waals surface area contributed by atoms with Gasteiger partial charge in [-0.2, -0.15) is 9.61 Å². The highest BCUT2D eigenvalue weighted by molar-refractivity contribution is 7.16. The smallest absolute Gasteiger partial charge is 0.206 e. The van der Waals surface area contributed by atoms with Crippen molar-refractivity contribution in [3.05, 3.63) is 94.7 Å². The topological polar surface area (TPSA) is 43.1 Å². The summed E-state index contributed by atoms with van der Waals surface area (Å²) < 4.78 is 16.6. The fourth-order valence-electron chi connectivity index (χ4n) is 3.48. The standard InChI is InChI=1S/C24H19FN4S/c1-15-8-10-18(11-9-15)22-26-27-24-29(22)28-23(30-24)16(2)19-12-13-20(21(25)14-19)17-6-4-3-5-7-17/h3-14,16H,1-2H3/t16-/m1/s1. The third-order valence-corrected chi connectivity index (χ3v) is 6.35. The molecule has 0 radical (unpaired) electrons. The third-order valence-electron chi connectivity index (χ3n) is 5.26. The summed E-state index contributed by atoms with van der Waals surface area (Å²) in [7, 11) is 0. The fourth-order valence-corrected chi connectivity index (χ4v) is 4.40. The first-order valence-corrected chi connectivity index (χ1v) is 10.6. The molecule has 0 bridgehead atoms. The number of hydrogen-bond donors (Lipinski definition) is 0. The molecule has 0 aliphatic heterocycles. The van der Waals surface area contributed by atoms with Crippen LogP contribution in [0.25, 0.3) is 27.5 Å². The summed E-state index contributed by atoms with van der Waals surface area (Å²) >= 11 is 1.48. The molecule has 0 spiro atoms. The number of rotatable bonds is 4. The molecule has 0 N–H and O–H groups in total. The van der Waals surface area contributed by atoms with Gasteiger partial charge in [-0.05, 0) is 24.1 Å². The van der Waals surface area contributed by atoms with Crippen molar-refractivity contribution in [2.75, 3.05) is 0 Å². The minimum absolute atomic E-state index is 0.0538. The van der Waals surface area contributed by atoms with Crippen molar-refractivity contribution < 1.29 is 4.39 Å². The second-order valence-electron chi connectivity index (χ2n) is 7.35. The van der Waals surface area contributed by atoms with Gasteiger partial charge in [0, 0.05) is 17.0 Å². The SMILES string of the molecule is Cc1ccc(-c2nnc3sc([C@H](C)c4ccc(-c5ccccc5)c(F)c4)nn23)cc1. The summed E-state index contributed by atoms with van der Waals surface area (Å²) in [6, 6.07) is 23.1. The van der Waals surface area contributed by atoms with Gasteiger partial charge in [0.25, 0.3) is 0 Å². The van der Waals surface area contributed by atoms with Crippen LogP contribution in [0.4, 0.5) is 4.39 Å². The van der Waals surface area contributed by atoms with Gasteiger partial charge in [-0.3, -0.25) is 0 Å². The number of fused-ring (bicyclic) bond motifs is 1. The summed E-state index contributed by atoms with van der Waals surface area (Å²) in [6.07, 6.45) is 0. The average Bonchev–Trinajstić information content (AvgIpc) is 3.35. The van der Waals surface area contributed by atoms with E-state index in [1.807, 2.05) is 80.6 Å². The highest BCUT2D eigenvalue weighted by atomic mass is 32.1. The molecule has 5 rings (SSSR count). The predicted octanol–water partition coefficient (Wildman–Crippen LogP) is 6.12. The molecule has 1 atom stereocenters. The maximum absolute atomic E-state index is 14.8. The van der Waals surface area contributed by atoms with Crippen LogP contribution in [0.15, 0.2) is 72.8 Å². The van der Waals surface area contributed by atoms with E-state index in [1.54, 1.807) is 10.6 Å². The maximum Gasteiger partial charge on any atom is 0.234 e. The Balaban J connectivity index is 1.48. The first-order chi connectivity index (χ1) is 14.6. The number of nitrogens with zero attached hydrogens (tertiary/aromatic N) is 4. The van der Waals surface area contributed by atoms with Gasteiger partial charge in [-0.15, -0.1) is 10.2 Å². The molecule has 2 heterocycles. The zero-order valence-electron chi connectivity index (χ0n) is 16.6. The van der Waals surface area contributed by atoms with Crippen LogP contribution in [0.2, 0.25) is 0 Å². The van der Waals surface area contributed by atoms with Crippen LogP contribution in [-0.2, 0) is 0 Å². The summed E-state index contributed by atoms with van der Waals surface area (Å²) in [5, 5.41) is 14.2. The van der Waals surface area contributed by atoms with Crippen molar-refractivity contribution in [2.24, 2.45) is 0 Å². The monoisotopic (exact) mass is 414 g/mol. The Morgan fingerprint density at radius 3 is 2.40 bits per heavy atom. The molecule has 0 unspecified atom stereocenters. The van der Waals surface area contributed by atoms with Gasteiger partial charge in [0.1, 0.15) is 10.8 Å². The summed E-state index contributed by atoms with van der Waals surface area (Å²) in [5.41, 5.74) is 4.51. The number of aromatic nitrogens is 4. The van der Waals surface area contributed by atoms with E-state index < -0.39 is 0 Å². The molecule has 0 amide bonds. The predicted molar refractivity (Wildman–Crippen MR) is 118 cm³/mol. The summed E-state index contributed by atoms with van der Waals surface area (Å²) in [4.78, 5) is 0.730. The van der Waals surface area contributed by atoms with Crippen molar-refractivity contribution in [3.8, 4) is 22.5 Å². The number of halogens is 1. The largest absolute Gasteiger partial charge is 0.234 e. The van der Waals surface area contributed by atoms with Gasteiger partial charge in [0.05, 0.1) is 0 Å². The Hall–Kier alpha value is -3.38. The second-order valence-corrected chi connectivity index (χ2v) is 8.34. The minimum Gasteiger partial charge on any atom is -0.206 e. The number of benzene rings is 3. The van der Waals surface area contributed by atoms with Crippen LogP contribution in [-0.4, -0.2) is 19.8 Å². The van der Waals surface area contributed by atoms with Crippen LogP contribution in [0.3, 0.4) is 0 Å². The van der Waals surface area contributed by atoms with E-state index in [9.17, 15) is 4.39 Å². The lowest BCUT2D eigenvalue weighted by Gasteiger charge is -2.11. The van der Waals surface area contributed by atoms with Crippen LogP contribution in [0.1, 0.15) is 29.0 Å². The molecule has 2 aromatic heterocycles. The molecular weight excluding hydrogens is 395 g/mol. The molecule has 148 valence electrons. The van der Waals surface area contributed by atoms with Gasteiger partial charge < -0.3 is 0 Å². The Labute approximate surface area is 177 Å². The fraction of sp³-hybridized carbons (Fsp3) is 0.125. The van der Waals surface area contributed by atoms with E-state index in [-0.39, 0.29) is 11.7 Å². The molecule has 0 fully saturated rings. The second kappa shape index (κ2) is 7.46. The van der Waals surface area contributed by atoms with Crippen LogP contribution >= 0.6 is 11.3 Å². The third kappa shape index (κ3) is 3.29. The Morgan fingerprint density at radius 2 is 1.67 bits per heavy atom. The summed E-state index contributed by atoms with van der Waals surface area (Å²) in [6.45, 7) is 4.09. The van der Waals surface area contributed by atoms with Crippen molar-refractivity contribution in [1.29, 1.82) is 0 Å². The van der Waals surface area contributed by atoms with E-state index in [0.29, 0.717) is 11.4 Å². The molecule has 3 aromatic carbocycles. The van der Waals surface area contributed by atoms with Crippen molar-refractivity contribution >= 4 is 16.3 Å². The zero-order valence-corrected chi connectivity index (χ0v) is 17.4. The van der Waals surface area contributed by atoms with E-state index >= 15 is 0 Å². The van der Waals surface area contributed by atoms with Gasteiger partial charge in [0.2, 0.25) is 4.96 Å². The van der Waals surface area contributed by atoms with Gasteiger partial charge in [-0.25, -0.2) is 4.39 Å². The van der Waals surface area contributed by atoms with Gasteiger partial charge in [-0.1, -0.05) is 90.6 Å². The highest BCUT2D eigenvalue weighted by Gasteiger charge is 2.19. The molecule has 0 aliphatic rings. The zero-order chi connectivity index (χ0) is 20.7. The molecule has 0 aliphatic carbocycles. The molecule has 0 saturated heterocycles. The average molecular weight is 415 g/mol. The van der Waals surface area contributed by atoms with Crippen molar-refractivity contribution in [2.45, 2.75) is 19.8 Å². The lowest BCUT2D eigenvalue weighted by molar-refractivity contribution is 0.627. The molecule has 0 saturated carbocycles. The van der Waals surface area contributed by atoms with Gasteiger partial charge in [0.15, 0.2) is 5.82 Å². The first-order valence-electron chi connectivity index (χ1n) is 9.74. The first kappa shape index (κ1) is 18.6. The van der Waals surface area contributed by atoms with E-state index in [1.165, 1.54) is 16.9 Å². The Kier molecular flexibility index (Phi) is 4.64. The van der Waals surface area contributed by atoms with Crippen LogP contribution in [0, 0.1) is 12.7 Å². The van der Waals surface area contributed by atoms with E-state index in [2.05, 4.69) is 10.2 Å². The Bertz CT molecular complexity index is 1320. The van der Waals surface area contributed by atoms with Crippen molar-refractivity contribution in [3.63, 3.8) is 0 Å². The maximum atomic E-state index is 14.8. The highest BCUT2D eigenvalue weighted by Crippen LogP contribution is 2.32. The lowest BCUT2D eigenvalue weighted by atomic mass is 9.97. The van der Waals surface area contributed by atoms with Gasteiger partial charge >= 0.3 is 0 Å². The quantitative estimate of drug-likeness (QED) is 0.356. The normalized spacial score (nSPS) is 12.4.